The third-order valence-corrected chi connectivity index (χ3v) is 16.4. The van der Waals surface area contributed by atoms with Gasteiger partial charge in [0.25, 0.3) is 11.8 Å². The standard InChI is InChI=1S/C46H63ClN4O14S2/c1-26-13-11-14-33(61-10)46(59)25-32(62-43(58)48-46)27(2)41-45(6,64-41)34(24-38(55)50(8)30-22-29(21-26)23-31(60-9)40(30)47)63-42(57)28(3)49(7)35(52)18-19-44(4,5)67-66-20-12-15-39(56)65-51-36(53)16-17-37(51)54/h11,13-14,22-23,27-28,32-34,41,59H,12,15-21,24-25H2,1-10H3,(H,48,58)/b14-11+,26-13+/t27-,28+,32?,33-,34+,41?,45+,46+/m1/s1. The van der Waals surface area contributed by atoms with Gasteiger partial charge < -0.3 is 43.4 Å². The zero-order valence-electron chi connectivity index (χ0n) is 39.7. The number of carbonyl (C=O) groups excluding carboxylic acids is 7. The number of benzene rings is 1. The molecule has 67 heavy (non-hydrogen) atoms. The van der Waals surface area contributed by atoms with Crippen LogP contribution in [0.4, 0.5) is 10.5 Å². The number of rotatable bonds is 15. The molecule has 0 radical (unpaired) electrons. The number of hydrogen-bond acceptors (Lipinski definition) is 16. The molecule has 21 heteroatoms. The number of anilines is 1. The van der Waals surface area contributed by atoms with Crippen molar-refractivity contribution in [1.82, 2.24) is 15.3 Å². The molecule has 4 aliphatic heterocycles. The SMILES string of the molecule is COc1cc2cc(c1Cl)N(C)C(=O)C[C@H](OC(=O)[C@H](C)N(C)C(=O)CCC(C)(C)SSCCCC(=O)ON1C(=O)CCC1=O)[C@]1(C)OC1[C@H](C)C1C[C@@](O)(NC(=O)O1)[C@H](OC)/C=C/C=C(\C)C2. The van der Waals surface area contributed by atoms with Crippen LogP contribution in [0.2, 0.25) is 5.02 Å². The fourth-order valence-electron chi connectivity index (χ4n) is 8.13. The van der Waals surface area contributed by atoms with Crippen LogP contribution in [-0.2, 0) is 59.0 Å². The number of ether oxygens (including phenoxy) is 5. The van der Waals surface area contributed by atoms with Crippen molar-refractivity contribution < 1.29 is 67.2 Å². The van der Waals surface area contributed by atoms with E-state index in [2.05, 4.69) is 5.32 Å². The number of epoxide rings is 1. The molecule has 1 aromatic carbocycles. The van der Waals surface area contributed by atoms with Crippen molar-refractivity contribution in [3.05, 3.63) is 46.5 Å². The van der Waals surface area contributed by atoms with Crippen LogP contribution >= 0.6 is 33.2 Å². The summed E-state index contributed by atoms with van der Waals surface area (Å²) in [4.78, 5) is 98.1. The molecule has 2 unspecified atom stereocenters. The maximum absolute atomic E-state index is 14.3. The second-order valence-corrected chi connectivity index (χ2v) is 21.7. The Kier molecular flexibility index (Phi) is 17.9. The molecule has 3 saturated heterocycles. The van der Waals surface area contributed by atoms with E-state index in [9.17, 15) is 38.7 Å². The highest BCUT2D eigenvalue weighted by atomic mass is 35.5. The molecule has 3 fully saturated rings. The van der Waals surface area contributed by atoms with Gasteiger partial charge in [-0.1, -0.05) is 63.9 Å². The normalized spacial score (nSPS) is 28.6. The monoisotopic (exact) mass is 994 g/mol. The number of fused-ring (bicyclic) bond motifs is 5. The minimum absolute atomic E-state index is 0.0240. The average molecular weight is 996 g/mol. The largest absolute Gasteiger partial charge is 0.495 e. The smallest absolute Gasteiger partial charge is 0.409 e. The van der Waals surface area contributed by atoms with Crippen LogP contribution in [0.3, 0.4) is 0 Å². The van der Waals surface area contributed by atoms with Gasteiger partial charge in [0.15, 0.2) is 5.72 Å². The van der Waals surface area contributed by atoms with Gasteiger partial charge in [0.05, 0.1) is 25.3 Å². The fraction of sp³-hybridized carbons (Fsp3) is 0.630. The number of nitrogens with zero attached hydrogens (tertiary/aromatic N) is 3. The second kappa shape index (κ2) is 22.4. The minimum atomic E-state index is -1.86. The number of hydrogen-bond donors (Lipinski definition) is 2. The Morgan fingerprint density at radius 3 is 2.45 bits per heavy atom. The molecule has 8 atom stereocenters. The summed E-state index contributed by atoms with van der Waals surface area (Å²) in [5.41, 5.74) is -1.09. The van der Waals surface area contributed by atoms with Crippen LogP contribution in [0.5, 0.6) is 5.75 Å². The Morgan fingerprint density at radius 2 is 1.79 bits per heavy atom. The van der Waals surface area contributed by atoms with Gasteiger partial charge in [-0.3, -0.25) is 24.5 Å². The third kappa shape index (κ3) is 13.3. The summed E-state index contributed by atoms with van der Waals surface area (Å²) in [5, 5.41) is 15.1. The van der Waals surface area contributed by atoms with Crippen LogP contribution in [0.25, 0.3) is 0 Å². The fourth-order valence-corrected chi connectivity index (χ4v) is 11.1. The predicted octanol–water partition coefficient (Wildman–Crippen LogP) is 5.84. The van der Waals surface area contributed by atoms with Crippen molar-refractivity contribution in [3.8, 4) is 5.75 Å². The third-order valence-electron chi connectivity index (χ3n) is 12.6. The molecule has 370 valence electrons. The van der Waals surface area contributed by atoms with Crippen LogP contribution < -0.4 is 15.0 Å². The van der Waals surface area contributed by atoms with Gasteiger partial charge in [0.2, 0.25) is 11.8 Å². The van der Waals surface area contributed by atoms with Crippen LogP contribution in [-0.4, -0.2) is 137 Å². The maximum Gasteiger partial charge on any atom is 0.409 e. The quantitative estimate of drug-likeness (QED) is 0.0693. The first kappa shape index (κ1) is 53.6. The molecule has 2 N–H and O–H groups in total. The van der Waals surface area contributed by atoms with Crippen LogP contribution in [0.1, 0.15) is 98.5 Å². The Bertz CT molecular complexity index is 2120. The number of allylic oxidation sites excluding steroid dienone is 3. The first-order chi connectivity index (χ1) is 31.4. The Labute approximate surface area is 404 Å². The lowest BCUT2D eigenvalue weighted by Gasteiger charge is -2.42. The summed E-state index contributed by atoms with van der Waals surface area (Å²) in [6, 6.07) is 2.48. The molecule has 5 rings (SSSR count). The molecule has 4 bridgehead atoms. The van der Waals surface area contributed by atoms with Gasteiger partial charge in [0.1, 0.15) is 40.7 Å². The molecular formula is C46H63ClN4O14S2. The van der Waals surface area contributed by atoms with E-state index in [1.807, 2.05) is 26.8 Å². The highest BCUT2D eigenvalue weighted by molar-refractivity contribution is 8.77. The number of esters is 1. The number of likely N-dealkylation sites (N-methyl/N-ethyl adjacent to an activating group) is 1. The number of nitrogens with one attached hydrogen (secondary N) is 1. The van der Waals surface area contributed by atoms with Crippen molar-refractivity contribution in [2.75, 3.05) is 39.0 Å². The zero-order valence-corrected chi connectivity index (χ0v) is 42.1. The van der Waals surface area contributed by atoms with Crippen molar-refractivity contribution in [3.63, 3.8) is 0 Å². The lowest BCUT2D eigenvalue weighted by Crippen LogP contribution is -2.63. The summed E-state index contributed by atoms with van der Waals surface area (Å²) < 4.78 is 29.1. The van der Waals surface area contributed by atoms with Crippen molar-refractivity contribution in [2.24, 2.45) is 5.92 Å². The number of aliphatic hydroxyl groups is 1. The predicted molar refractivity (Wildman–Crippen MR) is 251 cm³/mol. The summed E-state index contributed by atoms with van der Waals surface area (Å²) in [7, 11) is 9.02. The summed E-state index contributed by atoms with van der Waals surface area (Å²) in [6.07, 6.45) is 1.65. The molecule has 0 spiro atoms. The molecule has 18 nitrogen and oxygen atoms in total. The van der Waals surface area contributed by atoms with Crippen LogP contribution in [0.15, 0.2) is 35.9 Å². The lowest BCUT2D eigenvalue weighted by atomic mass is 9.83. The van der Waals surface area contributed by atoms with E-state index in [-0.39, 0.29) is 54.2 Å². The van der Waals surface area contributed by atoms with Crippen molar-refractivity contribution in [2.45, 2.75) is 146 Å². The molecule has 0 aromatic heterocycles. The Hall–Kier alpha value is -4.34. The van der Waals surface area contributed by atoms with E-state index in [4.69, 9.17) is 40.1 Å². The minimum Gasteiger partial charge on any atom is -0.495 e. The molecule has 4 heterocycles. The number of methoxy groups -OCH3 is 2. The topological polar surface area (TPSA) is 220 Å². The summed E-state index contributed by atoms with van der Waals surface area (Å²) >= 11 is 6.81. The van der Waals surface area contributed by atoms with Gasteiger partial charge in [-0.25, -0.2) is 14.4 Å². The number of carbonyl (C=O) groups is 7. The first-order valence-corrected chi connectivity index (χ1v) is 24.8. The van der Waals surface area contributed by atoms with Gasteiger partial charge >= 0.3 is 18.0 Å². The van der Waals surface area contributed by atoms with Gasteiger partial charge in [-0.15, -0.1) is 5.06 Å². The zero-order chi connectivity index (χ0) is 49.6. The average Bonchev–Trinajstić information content (AvgIpc) is 3.88. The number of imide groups is 1. The van der Waals surface area contributed by atoms with E-state index >= 15 is 0 Å². The number of halogens is 1. The van der Waals surface area contributed by atoms with Gasteiger partial charge in [0, 0.05) is 69.7 Å². The van der Waals surface area contributed by atoms with E-state index < -0.39 is 83.5 Å². The Balaban J connectivity index is 1.28. The molecule has 0 aliphatic carbocycles. The van der Waals surface area contributed by atoms with E-state index in [0.717, 1.165) is 11.1 Å². The van der Waals surface area contributed by atoms with Crippen molar-refractivity contribution >= 4 is 80.5 Å². The number of alkyl carbamates (subject to hydrolysis) is 1. The summed E-state index contributed by atoms with van der Waals surface area (Å²) in [6.45, 7) is 10.9. The van der Waals surface area contributed by atoms with Crippen molar-refractivity contribution in [1.29, 1.82) is 0 Å². The van der Waals surface area contributed by atoms with E-state index in [0.29, 0.717) is 41.5 Å². The lowest BCUT2D eigenvalue weighted by molar-refractivity contribution is -0.197. The van der Waals surface area contributed by atoms with Gasteiger partial charge in [-0.05, 0) is 71.6 Å². The highest BCUT2D eigenvalue weighted by Crippen LogP contribution is 2.49. The number of amides is 5. The summed E-state index contributed by atoms with van der Waals surface area (Å²) in [5.74, 6) is -2.94. The Morgan fingerprint density at radius 1 is 1.10 bits per heavy atom. The first-order valence-electron chi connectivity index (χ1n) is 22.2. The van der Waals surface area contributed by atoms with Crippen LogP contribution in [0, 0.1) is 5.92 Å². The molecule has 0 saturated carbocycles. The molecule has 4 aliphatic rings. The highest BCUT2D eigenvalue weighted by Gasteiger charge is 2.64. The second-order valence-electron chi connectivity index (χ2n) is 18.2. The van der Waals surface area contributed by atoms with E-state index in [1.54, 1.807) is 56.0 Å². The molecular weight excluding hydrogens is 932 g/mol. The van der Waals surface area contributed by atoms with Gasteiger partial charge in [-0.2, -0.15) is 0 Å². The molecule has 5 amide bonds. The van der Waals surface area contributed by atoms with E-state index in [1.165, 1.54) is 48.8 Å². The molecule has 1 aromatic rings. The number of hydroxylamine groups is 2. The maximum atomic E-state index is 14.3.